The van der Waals surface area contributed by atoms with E-state index in [2.05, 4.69) is 0 Å². The van der Waals surface area contributed by atoms with E-state index in [9.17, 15) is 18.0 Å². The van der Waals surface area contributed by atoms with Crippen LogP contribution >= 0.6 is 0 Å². The van der Waals surface area contributed by atoms with Crippen molar-refractivity contribution in [3.63, 3.8) is 0 Å². The smallest absolute Gasteiger partial charge is 0.448 e. The van der Waals surface area contributed by atoms with Gasteiger partial charge in [-0.1, -0.05) is 43.5 Å². The molecular weight excluding hydrogens is 307 g/mol. The van der Waals surface area contributed by atoms with E-state index in [1.165, 1.54) is 24.3 Å². The van der Waals surface area contributed by atoms with Crippen molar-refractivity contribution in [2.24, 2.45) is 5.92 Å². The number of nitrogens with one attached hydrogen (secondary N) is 1. The van der Waals surface area contributed by atoms with Crippen LogP contribution in [0.1, 0.15) is 48.0 Å². The van der Waals surface area contributed by atoms with E-state index < -0.39 is 17.6 Å². The summed E-state index contributed by atoms with van der Waals surface area (Å²) in [7, 11) is 0. The molecule has 0 aliphatic heterocycles. The van der Waals surface area contributed by atoms with Gasteiger partial charge in [-0.15, -0.1) is 0 Å². The van der Waals surface area contributed by atoms with Crippen LogP contribution in [-0.4, -0.2) is 22.8 Å². The van der Waals surface area contributed by atoms with Gasteiger partial charge in [0.1, 0.15) is 0 Å². The summed E-state index contributed by atoms with van der Waals surface area (Å²) in [5, 5.41) is 16.5. The third-order valence-electron chi connectivity index (χ3n) is 4.03. The zero-order valence-corrected chi connectivity index (χ0v) is 12.5. The predicted molar refractivity (Wildman–Crippen MR) is 80.9 cm³/mol. The van der Waals surface area contributed by atoms with Crippen molar-refractivity contribution in [3.8, 4) is 0 Å². The molecule has 0 heterocycles. The van der Waals surface area contributed by atoms with E-state index in [1.807, 2.05) is 0 Å². The molecule has 0 saturated heterocycles. The average Bonchev–Trinajstić information content (AvgIpc) is 2.54. The number of alkyl halides is 3. The van der Waals surface area contributed by atoms with Gasteiger partial charge in [-0.2, -0.15) is 13.2 Å². The van der Waals surface area contributed by atoms with Crippen LogP contribution in [0.3, 0.4) is 0 Å². The number of carbonyl (C=O) groups excluding carboxylic acids is 1. The lowest BCUT2D eigenvalue weighted by molar-refractivity contribution is -0.120. The molecule has 2 N–H and O–H groups in total. The molecule has 1 aromatic carbocycles. The maximum atomic E-state index is 12.3. The Balaban J connectivity index is 2.10. The lowest BCUT2D eigenvalue weighted by atomic mass is 9.84. The summed E-state index contributed by atoms with van der Waals surface area (Å²) in [4.78, 5) is 12.3. The van der Waals surface area contributed by atoms with Crippen molar-refractivity contribution in [2.45, 2.75) is 38.3 Å². The van der Waals surface area contributed by atoms with Crippen molar-refractivity contribution in [2.75, 3.05) is 0 Å². The maximum Gasteiger partial charge on any atom is 0.448 e. The number of hydrogen-bond acceptors (Lipinski definition) is 3. The number of hydrogen-bond donors (Lipinski definition) is 2. The van der Waals surface area contributed by atoms with Gasteiger partial charge in [-0.3, -0.25) is 4.79 Å². The molecule has 0 radical (unpaired) electrons. The Bertz CT molecular complexity index is 612. The minimum atomic E-state index is -4.87. The third-order valence-corrected chi connectivity index (χ3v) is 4.03. The summed E-state index contributed by atoms with van der Waals surface area (Å²) in [5.74, 6) is -1.75. The standard InChI is InChI=1S/C17H18F3NO2/c18-17(19,20)15(22)10-14(21)11-6-8-13(9-7-11)16(23)12-4-2-1-3-5-12/h6-10,12,21-22H,1-5H2/b15-10-,21-14?. The number of aliphatic hydroxyl groups is 1. The molecule has 3 nitrogen and oxygen atoms in total. The van der Waals surface area contributed by atoms with Gasteiger partial charge in [0.2, 0.25) is 0 Å². The number of Topliss-reactive ketones (excluding diaryl/α,β-unsaturated/α-hetero) is 1. The van der Waals surface area contributed by atoms with Crippen LogP contribution in [0.15, 0.2) is 36.1 Å². The van der Waals surface area contributed by atoms with E-state index in [-0.39, 0.29) is 17.3 Å². The molecule has 1 saturated carbocycles. The Morgan fingerprint density at radius 3 is 2.13 bits per heavy atom. The van der Waals surface area contributed by atoms with Crippen LogP contribution in [0.5, 0.6) is 0 Å². The zero-order chi connectivity index (χ0) is 17.0. The monoisotopic (exact) mass is 325 g/mol. The molecule has 6 heteroatoms. The highest BCUT2D eigenvalue weighted by molar-refractivity contribution is 6.07. The number of carbonyl (C=O) groups is 1. The van der Waals surface area contributed by atoms with Crippen molar-refractivity contribution in [3.05, 3.63) is 47.2 Å². The number of aliphatic hydroxyl groups excluding tert-OH is 1. The van der Waals surface area contributed by atoms with E-state index in [0.29, 0.717) is 11.6 Å². The molecule has 124 valence electrons. The fourth-order valence-electron chi connectivity index (χ4n) is 2.72. The number of allylic oxidation sites excluding steroid dienone is 2. The summed E-state index contributed by atoms with van der Waals surface area (Å²) in [5.41, 5.74) is 0.259. The van der Waals surface area contributed by atoms with Crippen molar-refractivity contribution >= 4 is 11.5 Å². The Hall–Kier alpha value is -2.11. The van der Waals surface area contributed by atoms with Crippen LogP contribution in [0.2, 0.25) is 0 Å². The molecule has 0 spiro atoms. The third kappa shape index (κ3) is 4.43. The van der Waals surface area contributed by atoms with E-state index in [1.54, 1.807) is 0 Å². The zero-order valence-electron chi connectivity index (χ0n) is 12.5. The number of rotatable bonds is 4. The van der Waals surface area contributed by atoms with E-state index >= 15 is 0 Å². The second-order valence-corrected chi connectivity index (χ2v) is 5.72. The van der Waals surface area contributed by atoms with Gasteiger partial charge in [0.25, 0.3) is 0 Å². The normalized spacial score (nSPS) is 17.1. The van der Waals surface area contributed by atoms with Crippen LogP contribution in [0.4, 0.5) is 13.2 Å². The Morgan fingerprint density at radius 1 is 1.09 bits per heavy atom. The van der Waals surface area contributed by atoms with Crippen LogP contribution in [0.25, 0.3) is 0 Å². The lowest BCUT2D eigenvalue weighted by Gasteiger charge is -2.20. The van der Waals surface area contributed by atoms with Crippen LogP contribution in [0, 0.1) is 11.3 Å². The molecule has 0 aromatic heterocycles. The molecule has 1 aliphatic rings. The van der Waals surface area contributed by atoms with E-state index in [4.69, 9.17) is 10.5 Å². The number of halogens is 3. The number of benzene rings is 1. The molecule has 2 rings (SSSR count). The van der Waals surface area contributed by atoms with Gasteiger partial charge in [0, 0.05) is 17.6 Å². The molecule has 23 heavy (non-hydrogen) atoms. The van der Waals surface area contributed by atoms with Gasteiger partial charge in [0.15, 0.2) is 11.5 Å². The highest BCUT2D eigenvalue weighted by Crippen LogP contribution is 2.27. The average molecular weight is 325 g/mol. The first-order valence-corrected chi connectivity index (χ1v) is 7.50. The highest BCUT2D eigenvalue weighted by Gasteiger charge is 2.34. The summed E-state index contributed by atoms with van der Waals surface area (Å²) < 4.78 is 36.7. The van der Waals surface area contributed by atoms with Crippen LogP contribution in [-0.2, 0) is 0 Å². The van der Waals surface area contributed by atoms with Crippen molar-refractivity contribution in [1.29, 1.82) is 5.41 Å². The second kappa shape index (κ2) is 6.98. The van der Waals surface area contributed by atoms with Gasteiger partial charge in [-0.05, 0) is 18.4 Å². The van der Waals surface area contributed by atoms with E-state index in [0.717, 1.165) is 32.1 Å². The van der Waals surface area contributed by atoms with Gasteiger partial charge in [-0.25, -0.2) is 0 Å². The summed E-state index contributed by atoms with van der Waals surface area (Å²) in [6, 6.07) is 5.91. The topological polar surface area (TPSA) is 61.1 Å². The van der Waals surface area contributed by atoms with Crippen molar-refractivity contribution in [1.82, 2.24) is 0 Å². The highest BCUT2D eigenvalue weighted by atomic mass is 19.4. The summed E-state index contributed by atoms with van der Waals surface area (Å²) >= 11 is 0. The molecule has 1 fully saturated rings. The van der Waals surface area contributed by atoms with Crippen LogP contribution < -0.4 is 0 Å². The first-order chi connectivity index (χ1) is 10.8. The Morgan fingerprint density at radius 2 is 1.61 bits per heavy atom. The molecule has 0 bridgehead atoms. The Labute approximate surface area is 132 Å². The summed E-state index contributed by atoms with van der Waals surface area (Å²) in [6.07, 6.45) is 0.467. The summed E-state index contributed by atoms with van der Waals surface area (Å²) in [6.45, 7) is 0. The molecule has 1 aromatic rings. The largest absolute Gasteiger partial charge is 0.504 e. The van der Waals surface area contributed by atoms with Gasteiger partial charge in [0.05, 0.1) is 5.71 Å². The van der Waals surface area contributed by atoms with Crippen molar-refractivity contribution < 1.29 is 23.1 Å². The fraction of sp³-hybridized carbons (Fsp3) is 0.412. The molecular formula is C17H18F3NO2. The molecule has 0 unspecified atom stereocenters. The van der Waals surface area contributed by atoms with Gasteiger partial charge < -0.3 is 10.5 Å². The first-order valence-electron chi connectivity index (χ1n) is 7.50. The molecule has 0 amide bonds. The molecule has 0 atom stereocenters. The second-order valence-electron chi connectivity index (χ2n) is 5.72. The SMILES string of the molecule is N=C(/C=C(\O)C(F)(F)F)c1ccc(C(=O)C2CCCCC2)cc1. The Kier molecular flexibility index (Phi) is 5.23. The van der Waals surface area contributed by atoms with Gasteiger partial charge >= 0.3 is 6.18 Å². The quantitative estimate of drug-likeness (QED) is 0.473. The predicted octanol–water partition coefficient (Wildman–Crippen LogP) is 4.82. The fourth-order valence-corrected chi connectivity index (χ4v) is 2.72. The lowest BCUT2D eigenvalue weighted by Crippen LogP contribution is -2.18. The minimum Gasteiger partial charge on any atom is -0.504 e. The maximum absolute atomic E-state index is 12.3. The number of ketones is 1. The first kappa shape index (κ1) is 17.2. The molecule has 1 aliphatic carbocycles. The minimum absolute atomic E-state index is 0.0169.